The molecule has 0 radical (unpaired) electrons. The largest absolute Gasteiger partial charge is 0.495 e. The number of methoxy groups -OCH3 is 1. The number of anilines is 2. The number of carbonyl (C=O) groups is 1. The van der Waals surface area contributed by atoms with E-state index in [1.807, 2.05) is 59.5 Å². The number of carbonyl (C=O) groups excluding carboxylic acids is 1. The van der Waals surface area contributed by atoms with Crippen molar-refractivity contribution in [1.29, 1.82) is 0 Å². The fraction of sp³-hybridized carbons (Fsp3) is 0.424. The summed E-state index contributed by atoms with van der Waals surface area (Å²) in [5.41, 5.74) is 4.31. The third kappa shape index (κ3) is 6.70. The summed E-state index contributed by atoms with van der Waals surface area (Å²) in [6, 6.07) is 20.9. The van der Waals surface area contributed by atoms with Gasteiger partial charge in [-0.15, -0.1) is 0 Å². The Morgan fingerprint density at radius 3 is 2.15 bits per heavy atom. The molecule has 218 valence electrons. The number of amides is 1. The Morgan fingerprint density at radius 2 is 1.46 bits per heavy atom. The molecule has 0 bridgehead atoms. The molecular formula is C33H41N3O4S. The molecule has 0 aliphatic carbocycles. The lowest BCUT2D eigenvalue weighted by molar-refractivity contribution is 0.0747. The molecule has 0 aromatic heterocycles. The number of aryl methyl sites for hydroxylation is 1. The van der Waals surface area contributed by atoms with E-state index in [1.54, 1.807) is 19.2 Å². The van der Waals surface area contributed by atoms with Gasteiger partial charge in [0.2, 0.25) is 0 Å². The molecule has 1 amide bonds. The van der Waals surface area contributed by atoms with E-state index in [9.17, 15) is 13.2 Å². The van der Waals surface area contributed by atoms with Gasteiger partial charge in [0.15, 0.2) is 9.84 Å². The summed E-state index contributed by atoms with van der Waals surface area (Å²) in [4.78, 5) is 20.5. The van der Waals surface area contributed by atoms with Crippen LogP contribution in [0.2, 0.25) is 0 Å². The van der Waals surface area contributed by atoms with Crippen molar-refractivity contribution >= 4 is 27.1 Å². The number of piperazine rings is 1. The summed E-state index contributed by atoms with van der Waals surface area (Å²) in [5.74, 6) is 0.621. The van der Waals surface area contributed by atoms with Crippen molar-refractivity contribution in [3.05, 3.63) is 83.4 Å². The summed E-state index contributed by atoms with van der Waals surface area (Å²) in [6.45, 7) is 6.37. The molecule has 0 N–H and O–H groups in total. The van der Waals surface area contributed by atoms with Gasteiger partial charge in [0.05, 0.1) is 29.0 Å². The van der Waals surface area contributed by atoms with Crippen LogP contribution in [0.5, 0.6) is 5.75 Å². The number of hydrogen-bond acceptors (Lipinski definition) is 6. The Morgan fingerprint density at radius 1 is 0.805 bits per heavy atom. The molecule has 2 aliphatic heterocycles. The van der Waals surface area contributed by atoms with Crippen molar-refractivity contribution in [3.63, 3.8) is 0 Å². The van der Waals surface area contributed by atoms with E-state index < -0.39 is 9.84 Å². The smallest absolute Gasteiger partial charge is 0.256 e. The molecule has 7 nitrogen and oxygen atoms in total. The molecule has 41 heavy (non-hydrogen) atoms. The van der Waals surface area contributed by atoms with E-state index in [-0.39, 0.29) is 16.6 Å². The lowest BCUT2D eigenvalue weighted by atomic mass is 10.1. The minimum atomic E-state index is -3.63. The Balaban J connectivity index is 1.36. The monoisotopic (exact) mass is 575 g/mol. The van der Waals surface area contributed by atoms with Gasteiger partial charge < -0.3 is 19.4 Å². The average molecular weight is 576 g/mol. The highest BCUT2D eigenvalue weighted by Crippen LogP contribution is 2.32. The summed E-state index contributed by atoms with van der Waals surface area (Å²) in [7, 11) is -1.97. The Labute approximate surface area is 244 Å². The van der Waals surface area contributed by atoms with E-state index in [0.717, 1.165) is 67.9 Å². The number of sulfone groups is 1. The SMILES string of the molecule is CCCCc1ccc(CS(=O)(=O)c2ccc(N3CCCC3)c(C(=O)N3CCN(c4ccccc4OC)CC3)c2)cc1. The number of para-hydroxylation sites is 2. The molecule has 0 spiro atoms. The molecule has 3 aromatic carbocycles. The maximum Gasteiger partial charge on any atom is 0.256 e. The van der Waals surface area contributed by atoms with E-state index in [4.69, 9.17) is 4.74 Å². The molecule has 0 saturated carbocycles. The summed E-state index contributed by atoms with van der Waals surface area (Å²) in [6.07, 6.45) is 5.38. The normalized spacial score (nSPS) is 15.8. The fourth-order valence-corrected chi connectivity index (χ4v) is 7.18. The third-order valence-electron chi connectivity index (χ3n) is 8.20. The summed E-state index contributed by atoms with van der Waals surface area (Å²) in [5, 5.41) is 0. The van der Waals surface area contributed by atoms with Gasteiger partial charge in [-0.05, 0) is 67.1 Å². The number of unbranched alkanes of at least 4 members (excludes halogenated alkanes) is 1. The molecule has 2 heterocycles. The molecule has 3 aromatic rings. The number of ether oxygens (including phenoxy) is 1. The predicted molar refractivity (Wildman–Crippen MR) is 165 cm³/mol. The van der Waals surface area contributed by atoms with Gasteiger partial charge in [0.25, 0.3) is 5.91 Å². The maximum absolute atomic E-state index is 14.0. The van der Waals surface area contributed by atoms with Crippen LogP contribution in [0.15, 0.2) is 71.6 Å². The molecule has 2 fully saturated rings. The number of benzene rings is 3. The zero-order valence-corrected chi connectivity index (χ0v) is 25.0. The van der Waals surface area contributed by atoms with Crippen LogP contribution in [0.25, 0.3) is 0 Å². The minimum Gasteiger partial charge on any atom is -0.495 e. The molecule has 5 rings (SSSR count). The second-order valence-corrected chi connectivity index (χ2v) is 13.0. The number of rotatable bonds is 10. The van der Waals surface area contributed by atoms with Crippen molar-refractivity contribution in [2.45, 2.75) is 49.7 Å². The highest BCUT2D eigenvalue weighted by molar-refractivity contribution is 7.90. The van der Waals surface area contributed by atoms with Gasteiger partial charge in [-0.1, -0.05) is 49.7 Å². The zero-order chi connectivity index (χ0) is 28.8. The van der Waals surface area contributed by atoms with E-state index in [1.165, 1.54) is 5.56 Å². The second-order valence-electron chi connectivity index (χ2n) is 11.0. The topological polar surface area (TPSA) is 70.2 Å². The summed E-state index contributed by atoms with van der Waals surface area (Å²) < 4.78 is 32.6. The van der Waals surface area contributed by atoms with Gasteiger partial charge in [0.1, 0.15) is 5.75 Å². The predicted octanol–water partition coefficient (Wildman–Crippen LogP) is 5.57. The quantitative estimate of drug-likeness (QED) is 0.315. The number of hydrogen-bond donors (Lipinski definition) is 0. The van der Waals surface area contributed by atoms with Crippen molar-refractivity contribution < 1.29 is 17.9 Å². The van der Waals surface area contributed by atoms with Crippen molar-refractivity contribution in [3.8, 4) is 5.75 Å². The molecule has 0 atom stereocenters. The zero-order valence-electron chi connectivity index (χ0n) is 24.2. The Bertz CT molecular complexity index is 1440. The highest BCUT2D eigenvalue weighted by atomic mass is 32.2. The average Bonchev–Trinajstić information content (AvgIpc) is 3.55. The van der Waals surface area contributed by atoms with Gasteiger partial charge in [0, 0.05) is 45.0 Å². The molecule has 2 aliphatic rings. The van der Waals surface area contributed by atoms with Gasteiger partial charge >= 0.3 is 0 Å². The Hall–Kier alpha value is -3.52. The number of nitrogens with zero attached hydrogens (tertiary/aromatic N) is 3. The Kier molecular flexibility index (Phi) is 9.18. The van der Waals surface area contributed by atoms with Gasteiger partial charge in [-0.3, -0.25) is 4.79 Å². The van der Waals surface area contributed by atoms with Crippen LogP contribution in [-0.4, -0.2) is 65.6 Å². The highest BCUT2D eigenvalue weighted by Gasteiger charge is 2.29. The first-order chi connectivity index (χ1) is 19.9. The van der Waals surface area contributed by atoms with Crippen LogP contribution in [0.3, 0.4) is 0 Å². The lowest BCUT2D eigenvalue weighted by Crippen LogP contribution is -2.49. The standard InChI is InChI=1S/C33H41N3O4S/c1-3-4-9-26-12-14-27(15-13-26)25-41(38,39)28-16-17-30(34-18-7-8-19-34)29(24-28)33(37)36-22-20-35(21-23-36)31-10-5-6-11-32(31)40-2/h5-6,10-17,24H,3-4,7-9,18-23,25H2,1-2H3. The lowest BCUT2D eigenvalue weighted by Gasteiger charge is -2.37. The molecule has 2 saturated heterocycles. The van der Waals surface area contributed by atoms with Crippen LogP contribution in [0.1, 0.15) is 54.1 Å². The van der Waals surface area contributed by atoms with Crippen LogP contribution in [-0.2, 0) is 22.0 Å². The van der Waals surface area contributed by atoms with Gasteiger partial charge in [-0.25, -0.2) is 8.42 Å². The van der Waals surface area contributed by atoms with Crippen LogP contribution < -0.4 is 14.5 Å². The summed E-state index contributed by atoms with van der Waals surface area (Å²) >= 11 is 0. The van der Waals surface area contributed by atoms with Crippen molar-refractivity contribution in [2.24, 2.45) is 0 Å². The van der Waals surface area contributed by atoms with Gasteiger partial charge in [-0.2, -0.15) is 0 Å². The third-order valence-corrected chi connectivity index (χ3v) is 9.88. The van der Waals surface area contributed by atoms with E-state index in [0.29, 0.717) is 31.7 Å². The van der Waals surface area contributed by atoms with E-state index >= 15 is 0 Å². The second kappa shape index (κ2) is 13.0. The first kappa shape index (κ1) is 29.0. The van der Waals surface area contributed by atoms with Crippen molar-refractivity contribution in [1.82, 2.24) is 4.90 Å². The fourth-order valence-electron chi connectivity index (χ4n) is 5.81. The maximum atomic E-state index is 14.0. The van der Waals surface area contributed by atoms with Crippen LogP contribution in [0, 0.1) is 0 Å². The van der Waals surface area contributed by atoms with Crippen LogP contribution in [0.4, 0.5) is 11.4 Å². The molecule has 8 heteroatoms. The van der Waals surface area contributed by atoms with E-state index in [2.05, 4.69) is 16.7 Å². The van der Waals surface area contributed by atoms with Crippen LogP contribution >= 0.6 is 0 Å². The molecular weight excluding hydrogens is 534 g/mol. The first-order valence-electron chi connectivity index (χ1n) is 14.8. The molecule has 0 unspecified atom stereocenters. The van der Waals surface area contributed by atoms with Crippen molar-refractivity contribution in [2.75, 3.05) is 56.2 Å². The minimum absolute atomic E-state index is 0.0880. The first-order valence-corrected chi connectivity index (χ1v) is 16.4.